The average Bonchev–Trinajstić information content (AvgIpc) is 2.95. The highest BCUT2D eigenvalue weighted by molar-refractivity contribution is 6.31. The molecule has 1 aliphatic rings. The zero-order valence-corrected chi connectivity index (χ0v) is 22.9. The third-order valence-corrected chi connectivity index (χ3v) is 7.32. The molecule has 3 aromatic carbocycles. The number of benzene rings is 3. The number of piperazine rings is 1. The van der Waals surface area contributed by atoms with Crippen LogP contribution < -0.4 is 10.5 Å². The quantitative estimate of drug-likeness (QED) is 0.257. The van der Waals surface area contributed by atoms with Crippen molar-refractivity contribution < 1.29 is 14.3 Å². The Labute approximate surface area is 243 Å². The number of hydrogen-bond acceptors (Lipinski definition) is 5. The van der Waals surface area contributed by atoms with E-state index in [4.69, 9.17) is 27.9 Å². The molecule has 0 aliphatic carbocycles. The molecule has 7 nitrogen and oxygen atoms in total. The zero-order valence-electron chi connectivity index (χ0n) is 21.4. The van der Waals surface area contributed by atoms with Gasteiger partial charge in [0, 0.05) is 47.2 Å². The summed E-state index contributed by atoms with van der Waals surface area (Å²) in [6.45, 7) is 3.81. The molecular formula is C31H31Cl2N3O4. The van der Waals surface area contributed by atoms with Gasteiger partial charge in [0.1, 0.15) is 5.56 Å². The highest BCUT2D eigenvalue weighted by Crippen LogP contribution is 2.33. The number of esters is 1. The van der Waals surface area contributed by atoms with Gasteiger partial charge in [0.05, 0.1) is 24.4 Å². The number of fused-ring (bicyclic) bond motifs is 1. The third kappa shape index (κ3) is 5.86. The standard InChI is InChI=1S/C30H27Cl2N3O4.CH4/c1-2-39-30(38)26-27(33-14-16-34(17-15-33)28(36)21-8-10-22(31)11-9-21)24-18-23(32)12-13-25(24)35(29(26)37)19-20-6-4-3-5-7-20;/h3-13,18H,2,14-17,19H2,1H3;1H4. The Morgan fingerprint density at radius 3 is 2.17 bits per heavy atom. The Morgan fingerprint density at radius 1 is 0.875 bits per heavy atom. The highest BCUT2D eigenvalue weighted by atomic mass is 35.5. The molecule has 0 radical (unpaired) electrons. The Bertz CT molecular complexity index is 1580. The molecule has 2 heterocycles. The largest absolute Gasteiger partial charge is 0.462 e. The summed E-state index contributed by atoms with van der Waals surface area (Å²) in [7, 11) is 0. The lowest BCUT2D eigenvalue weighted by Crippen LogP contribution is -2.49. The molecule has 0 bridgehead atoms. The van der Waals surface area contributed by atoms with Crippen molar-refractivity contribution in [3.8, 4) is 0 Å². The van der Waals surface area contributed by atoms with Crippen molar-refractivity contribution in [1.29, 1.82) is 0 Å². The summed E-state index contributed by atoms with van der Waals surface area (Å²) in [5.41, 5.74) is 2.17. The van der Waals surface area contributed by atoms with Crippen LogP contribution in [0, 0.1) is 0 Å². The third-order valence-electron chi connectivity index (χ3n) is 6.84. The summed E-state index contributed by atoms with van der Waals surface area (Å²) >= 11 is 12.4. The maximum Gasteiger partial charge on any atom is 0.345 e. The lowest BCUT2D eigenvalue weighted by atomic mass is 10.0. The SMILES string of the molecule is C.CCOC(=O)c1c(N2CCN(C(=O)c3ccc(Cl)cc3)CC2)c2cc(Cl)ccc2n(Cc2ccccc2)c1=O. The van der Waals surface area contributed by atoms with Gasteiger partial charge in [-0.3, -0.25) is 9.59 Å². The van der Waals surface area contributed by atoms with Gasteiger partial charge in [0.15, 0.2) is 0 Å². The molecule has 5 rings (SSSR count). The minimum absolute atomic E-state index is 0. The van der Waals surface area contributed by atoms with Crippen molar-refractivity contribution in [3.63, 3.8) is 0 Å². The number of rotatable bonds is 6. The van der Waals surface area contributed by atoms with Crippen LogP contribution in [-0.2, 0) is 11.3 Å². The molecule has 0 atom stereocenters. The van der Waals surface area contributed by atoms with Crippen LogP contribution in [0.2, 0.25) is 10.0 Å². The highest BCUT2D eigenvalue weighted by Gasteiger charge is 2.30. The van der Waals surface area contributed by atoms with E-state index in [1.807, 2.05) is 35.2 Å². The molecular weight excluding hydrogens is 549 g/mol. The number of carbonyl (C=O) groups excluding carboxylic acids is 2. The van der Waals surface area contributed by atoms with Crippen LogP contribution in [0.25, 0.3) is 10.9 Å². The number of carbonyl (C=O) groups is 2. The van der Waals surface area contributed by atoms with Gasteiger partial charge in [0.2, 0.25) is 0 Å². The lowest BCUT2D eigenvalue weighted by molar-refractivity contribution is 0.0523. The van der Waals surface area contributed by atoms with E-state index in [-0.39, 0.29) is 32.0 Å². The molecule has 0 unspecified atom stereocenters. The van der Waals surface area contributed by atoms with Gasteiger partial charge in [-0.15, -0.1) is 0 Å². The van der Waals surface area contributed by atoms with Crippen molar-refractivity contribution in [2.45, 2.75) is 20.9 Å². The van der Waals surface area contributed by atoms with Crippen molar-refractivity contribution in [2.24, 2.45) is 0 Å². The van der Waals surface area contributed by atoms with Crippen LogP contribution in [0.1, 0.15) is 40.6 Å². The predicted molar refractivity (Wildman–Crippen MR) is 161 cm³/mol. The lowest BCUT2D eigenvalue weighted by Gasteiger charge is -2.37. The van der Waals surface area contributed by atoms with Gasteiger partial charge in [0.25, 0.3) is 11.5 Å². The van der Waals surface area contributed by atoms with Crippen LogP contribution in [0.4, 0.5) is 5.69 Å². The van der Waals surface area contributed by atoms with Gasteiger partial charge < -0.3 is 19.1 Å². The maximum absolute atomic E-state index is 14.0. The Morgan fingerprint density at radius 2 is 1.52 bits per heavy atom. The zero-order chi connectivity index (χ0) is 27.5. The van der Waals surface area contributed by atoms with Crippen LogP contribution in [0.15, 0.2) is 77.6 Å². The maximum atomic E-state index is 14.0. The van der Waals surface area contributed by atoms with Gasteiger partial charge in [-0.2, -0.15) is 0 Å². The number of ether oxygens (including phenoxy) is 1. The fourth-order valence-corrected chi connectivity index (χ4v) is 5.26. The fourth-order valence-electron chi connectivity index (χ4n) is 4.96. The molecule has 0 saturated carbocycles. The number of halogens is 2. The first-order chi connectivity index (χ1) is 18.9. The smallest absolute Gasteiger partial charge is 0.345 e. The molecule has 1 aromatic heterocycles. The summed E-state index contributed by atoms with van der Waals surface area (Å²) in [5.74, 6) is -0.774. The van der Waals surface area contributed by atoms with Crippen LogP contribution in [0.3, 0.4) is 0 Å². The van der Waals surface area contributed by atoms with Crippen molar-refractivity contribution in [1.82, 2.24) is 9.47 Å². The Hall–Kier alpha value is -3.81. The van der Waals surface area contributed by atoms with Crippen LogP contribution in [0.5, 0.6) is 0 Å². The molecule has 9 heteroatoms. The van der Waals surface area contributed by atoms with E-state index in [1.165, 1.54) is 0 Å². The topological polar surface area (TPSA) is 71.8 Å². The average molecular weight is 581 g/mol. The summed E-state index contributed by atoms with van der Waals surface area (Å²) in [4.78, 5) is 44.0. The van der Waals surface area contributed by atoms with Crippen LogP contribution >= 0.6 is 23.2 Å². The molecule has 0 N–H and O–H groups in total. The number of pyridine rings is 1. The van der Waals surface area contributed by atoms with Crippen molar-refractivity contribution in [2.75, 3.05) is 37.7 Å². The van der Waals surface area contributed by atoms with E-state index >= 15 is 0 Å². The first-order valence-electron chi connectivity index (χ1n) is 12.7. The minimum atomic E-state index is -0.680. The van der Waals surface area contributed by atoms with Gasteiger partial charge in [-0.1, -0.05) is 61.0 Å². The molecule has 1 saturated heterocycles. The molecule has 1 fully saturated rings. The second kappa shape index (κ2) is 12.6. The predicted octanol–water partition coefficient (Wildman–Crippen LogP) is 6.13. The molecule has 1 amide bonds. The summed E-state index contributed by atoms with van der Waals surface area (Å²) < 4.78 is 6.96. The molecule has 40 heavy (non-hydrogen) atoms. The van der Waals surface area contributed by atoms with E-state index in [2.05, 4.69) is 0 Å². The van der Waals surface area contributed by atoms with Gasteiger partial charge in [-0.05, 0) is 55.0 Å². The Balaban J connectivity index is 0.00000370. The number of amides is 1. The number of aromatic nitrogens is 1. The van der Waals surface area contributed by atoms with Crippen molar-refractivity contribution >= 4 is 51.7 Å². The first kappa shape index (κ1) is 29.2. The molecule has 0 spiro atoms. The molecule has 208 valence electrons. The van der Waals surface area contributed by atoms with E-state index in [1.54, 1.807) is 58.9 Å². The summed E-state index contributed by atoms with van der Waals surface area (Å²) in [5, 5.41) is 1.73. The first-order valence-corrected chi connectivity index (χ1v) is 13.5. The summed E-state index contributed by atoms with van der Waals surface area (Å²) in [6, 6.07) is 21.7. The van der Waals surface area contributed by atoms with E-state index in [0.29, 0.717) is 58.4 Å². The number of nitrogens with zero attached hydrogens (tertiary/aromatic N) is 3. The van der Waals surface area contributed by atoms with Gasteiger partial charge in [-0.25, -0.2) is 4.79 Å². The van der Waals surface area contributed by atoms with Crippen molar-refractivity contribution in [3.05, 3.63) is 110 Å². The molecule has 1 aliphatic heterocycles. The molecule has 4 aromatic rings. The fraction of sp³-hybridized carbons (Fsp3) is 0.258. The monoisotopic (exact) mass is 579 g/mol. The van der Waals surface area contributed by atoms with E-state index in [9.17, 15) is 14.4 Å². The summed E-state index contributed by atoms with van der Waals surface area (Å²) in [6.07, 6.45) is 0. The van der Waals surface area contributed by atoms with Crippen LogP contribution in [-0.4, -0.2) is 54.1 Å². The Kier molecular flexibility index (Phi) is 9.17. The van der Waals surface area contributed by atoms with Gasteiger partial charge >= 0.3 is 5.97 Å². The second-order valence-electron chi connectivity index (χ2n) is 9.27. The number of anilines is 1. The van der Waals surface area contributed by atoms with E-state index in [0.717, 1.165) is 5.56 Å². The minimum Gasteiger partial charge on any atom is -0.462 e. The normalized spacial score (nSPS) is 13.2. The number of hydrogen-bond donors (Lipinski definition) is 0. The second-order valence-corrected chi connectivity index (χ2v) is 10.1. The van der Waals surface area contributed by atoms with E-state index < -0.39 is 11.5 Å².